The molecule has 1 saturated heterocycles. The Balaban J connectivity index is 1.65. The molecule has 3 rings (SSSR count). The van der Waals surface area contributed by atoms with Crippen molar-refractivity contribution < 1.29 is 9.53 Å². The molecule has 0 unspecified atom stereocenters. The van der Waals surface area contributed by atoms with Crippen LogP contribution >= 0.6 is 0 Å². The minimum absolute atomic E-state index is 0.0714. The summed E-state index contributed by atoms with van der Waals surface area (Å²) in [7, 11) is 0. The first kappa shape index (κ1) is 17.3. The lowest BCUT2D eigenvalue weighted by atomic mass is 10.1. The van der Waals surface area contributed by atoms with Gasteiger partial charge < -0.3 is 14.6 Å². The molecule has 0 saturated carbocycles. The number of hydrogen-bond acceptors (Lipinski definition) is 5. The molecule has 0 spiro atoms. The molecular weight excluding hydrogens is 320 g/mol. The lowest BCUT2D eigenvalue weighted by Crippen LogP contribution is -2.44. The Morgan fingerprint density at radius 1 is 1.40 bits per heavy atom. The number of aryl methyl sites for hydroxylation is 2. The number of hydrogen-bond donors (Lipinski definition) is 1. The van der Waals surface area contributed by atoms with Gasteiger partial charge in [0, 0.05) is 31.4 Å². The van der Waals surface area contributed by atoms with Crippen molar-refractivity contribution in [1.82, 2.24) is 19.9 Å². The summed E-state index contributed by atoms with van der Waals surface area (Å²) >= 11 is 0. The van der Waals surface area contributed by atoms with E-state index < -0.39 is 0 Å². The molecule has 7 heteroatoms. The minimum Gasteiger partial charge on any atom is -0.377 e. The highest BCUT2D eigenvalue weighted by molar-refractivity contribution is 5.76. The average Bonchev–Trinajstić information content (AvgIpc) is 2.62. The molecule has 0 aromatic carbocycles. The normalized spacial score (nSPS) is 17.5. The monoisotopic (exact) mass is 342 g/mol. The van der Waals surface area contributed by atoms with Gasteiger partial charge in [-0.1, -0.05) is 0 Å². The van der Waals surface area contributed by atoms with Crippen LogP contribution in [0.25, 0.3) is 0 Å². The molecule has 0 bridgehead atoms. The van der Waals surface area contributed by atoms with Crippen LogP contribution in [0.2, 0.25) is 0 Å². The number of pyridine rings is 1. The van der Waals surface area contributed by atoms with E-state index in [1.165, 1.54) is 11.6 Å². The third-order valence-electron chi connectivity index (χ3n) is 4.28. The maximum atomic E-state index is 12.7. The molecule has 3 heterocycles. The van der Waals surface area contributed by atoms with Gasteiger partial charge in [-0.15, -0.1) is 0 Å². The molecule has 2 aromatic heterocycles. The minimum atomic E-state index is -0.303. The number of ether oxygens (including phenoxy) is 1. The fraction of sp³-hybridized carbons (Fsp3) is 0.444. The van der Waals surface area contributed by atoms with Crippen molar-refractivity contribution in [2.45, 2.75) is 32.2 Å². The molecule has 25 heavy (non-hydrogen) atoms. The Bertz CT molecular complexity index is 775. The van der Waals surface area contributed by atoms with Gasteiger partial charge in [-0.05, 0) is 37.5 Å². The molecule has 2 aromatic rings. The van der Waals surface area contributed by atoms with Gasteiger partial charge in [-0.3, -0.25) is 14.6 Å². The van der Waals surface area contributed by atoms with Crippen LogP contribution in [0.1, 0.15) is 36.0 Å². The first-order valence-corrected chi connectivity index (χ1v) is 8.47. The SMILES string of the molecule is Cc1nc([C@H]2COCCN2C(=O)CCCc2ccncc2)cc(=O)[nH]1. The van der Waals surface area contributed by atoms with Gasteiger partial charge in [-0.2, -0.15) is 0 Å². The van der Waals surface area contributed by atoms with Crippen molar-refractivity contribution in [1.29, 1.82) is 0 Å². The molecular formula is C18H22N4O3. The van der Waals surface area contributed by atoms with E-state index in [1.807, 2.05) is 12.1 Å². The number of carbonyl (C=O) groups is 1. The number of morpholine rings is 1. The van der Waals surface area contributed by atoms with E-state index in [2.05, 4.69) is 15.0 Å². The lowest BCUT2D eigenvalue weighted by Gasteiger charge is -2.35. The van der Waals surface area contributed by atoms with Gasteiger partial charge >= 0.3 is 0 Å². The van der Waals surface area contributed by atoms with Crippen molar-refractivity contribution in [2.24, 2.45) is 0 Å². The van der Waals surface area contributed by atoms with Crippen molar-refractivity contribution in [3.05, 3.63) is 58.0 Å². The van der Waals surface area contributed by atoms with E-state index >= 15 is 0 Å². The fourth-order valence-corrected chi connectivity index (χ4v) is 3.06. The van der Waals surface area contributed by atoms with E-state index in [-0.39, 0.29) is 17.5 Å². The second kappa shape index (κ2) is 8.02. The summed E-state index contributed by atoms with van der Waals surface area (Å²) in [5.41, 5.74) is 1.55. The number of nitrogens with zero attached hydrogens (tertiary/aromatic N) is 3. The first-order valence-electron chi connectivity index (χ1n) is 8.47. The second-order valence-electron chi connectivity index (χ2n) is 6.14. The van der Waals surface area contributed by atoms with E-state index in [0.717, 1.165) is 12.8 Å². The number of H-pyrrole nitrogens is 1. The standard InChI is InChI=1S/C18H22N4O3/c1-13-20-15(11-17(23)21-13)16-12-25-10-9-22(16)18(24)4-2-3-14-5-7-19-8-6-14/h5-8,11,16H,2-4,9-10,12H2,1H3,(H,20,21,23)/t16-/m1/s1. The van der Waals surface area contributed by atoms with Crippen LogP contribution in [0.15, 0.2) is 35.4 Å². The van der Waals surface area contributed by atoms with Crippen LogP contribution in [0.4, 0.5) is 0 Å². The quantitative estimate of drug-likeness (QED) is 0.887. The first-order chi connectivity index (χ1) is 12.1. The number of aromatic amines is 1. The summed E-state index contributed by atoms with van der Waals surface area (Å²) in [4.78, 5) is 37.2. The van der Waals surface area contributed by atoms with Crippen LogP contribution in [-0.2, 0) is 16.0 Å². The fourth-order valence-electron chi connectivity index (χ4n) is 3.06. The summed E-state index contributed by atoms with van der Waals surface area (Å²) in [6, 6.07) is 5.07. The molecule has 7 nitrogen and oxygen atoms in total. The van der Waals surface area contributed by atoms with Crippen LogP contribution in [0, 0.1) is 6.92 Å². The van der Waals surface area contributed by atoms with Crippen LogP contribution in [0.5, 0.6) is 0 Å². The van der Waals surface area contributed by atoms with E-state index in [9.17, 15) is 9.59 Å². The van der Waals surface area contributed by atoms with Crippen molar-refractivity contribution in [2.75, 3.05) is 19.8 Å². The Morgan fingerprint density at radius 2 is 2.20 bits per heavy atom. The van der Waals surface area contributed by atoms with Crippen LogP contribution in [0.3, 0.4) is 0 Å². The highest BCUT2D eigenvalue weighted by Crippen LogP contribution is 2.23. The van der Waals surface area contributed by atoms with E-state index in [4.69, 9.17) is 4.74 Å². The third-order valence-corrected chi connectivity index (χ3v) is 4.28. The Kier molecular flexibility index (Phi) is 5.55. The third kappa shape index (κ3) is 4.51. The molecule has 1 N–H and O–H groups in total. The Labute approximate surface area is 146 Å². The van der Waals surface area contributed by atoms with Gasteiger partial charge in [0.2, 0.25) is 5.91 Å². The van der Waals surface area contributed by atoms with Crippen LogP contribution in [-0.4, -0.2) is 45.5 Å². The zero-order valence-corrected chi connectivity index (χ0v) is 14.3. The number of nitrogens with one attached hydrogen (secondary N) is 1. The average molecular weight is 342 g/mol. The predicted molar refractivity (Wildman–Crippen MR) is 92.0 cm³/mol. The zero-order chi connectivity index (χ0) is 17.6. The number of rotatable bonds is 5. The topological polar surface area (TPSA) is 88.2 Å². The number of carbonyl (C=O) groups excluding carboxylic acids is 1. The van der Waals surface area contributed by atoms with Gasteiger partial charge in [0.1, 0.15) is 5.82 Å². The molecule has 1 aliphatic heterocycles. The number of aromatic nitrogens is 3. The predicted octanol–water partition coefficient (Wildman–Crippen LogP) is 1.40. The molecule has 0 radical (unpaired) electrons. The summed E-state index contributed by atoms with van der Waals surface area (Å²) < 4.78 is 5.52. The highest BCUT2D eigenvalue weighted by Gasteiger charge is 2.29. The van der Waals surface area contributed by atoms with Crippen LogP contribution < -0.4 is 5.56 Å². The van der Waals surface area contributed by atoms with E-state index in [1.54, 1.807) is 24.2 Å². The molecule has 1 fully saturated rings. The molecule has 1 atom stereocenters. The molecule has 132 valence electrons. The summed E-state index contributed by atoms with van der Waals surface area (Å²) in [5, 5.41) is 0. The molecule has 0 aliphatic carbocycles. The van der Waals surface area contributed by atoms with Gasteiger partial charge in [0.15, 0.2) is 0 Å². The van der Waals surface area contributed by atoms with Crippen molar-refractivity contribution in [3.8, 4) is 0 Å². The summed E-state index contributed by atoms with van der Waals surface area (Å²) in [6.07, 6.45) is 5.59. The summed E-state index contributed by atoms with van der Waals surface area (Å²) in [5.74, 6) is 0.611. The Morgan fingerprint density at radius 3 is 2.96 bits per heavy atom. The molecule has 1 aliphatic rings. The maximum absolute atomic E-state index is 12.7. The lowest BCUT2D eigenvalue weighted by molar-refractivity contribution is -0.140. The highest BCUT2D eigenvalue weighted by atomic mass is 16.5. The largest absolute Gasteiger partial charge is 0.377 e. The van der Waals surface area contributed by atoms with Gasteiger partial charge in [-0.25, -0.2) is 4.98 Å². The van der Waals surface area contributed by atoms with Gasteiger partial charge in [0.05, 0.1) is 24.9 Å². The maximum Gasteiger partial charge on any atom is 0.251 e. The smallest absolute Gasteiger partial charge is 0.251 e. The summed E-state index contributed by atoms with van der Waals surface area (Å²) in [6.45, 7) is 3.13. The Hall–Kier alpha value is -2.54. The number of amides is 1. The molecule has 1 amide bonds. The van der Waals surface area contributed by atoms with Crippen molar-refractivity contribution >= 4 is 5.91 Å². The zero-order valence-electron chi connectivity index (χ0n) is 14.3. The second-order valence-corrected chi connectivity index (χ2v) is 6.14. The van der Waals surface area contributed by atoms with Crippen molar-refractivity contribution in [3.63, 3.8) is 0 Å². The van der Waals surface area contributed by atoms with E-state index in [0.29, 0.717) is 37.7 Å². The van der Waals surface area contributed by atoms with Gasteiger partial charge in [0.25, 0.3) is 5.56 Å².